The van der Waals surface area contributed by atoms with Crippen molar-refractivity contribution in [2.45, 2.75) is 53.3 Å². The van der Waals surface area contributed by atoms with Gasteiger partial charge in [-0.3, -0.25) is 0 Å². The van der Waals surface area contributed by atoms with Crippen molar-refractivity contribution in [2.75, 3.05) is 0 Å². The van der Waals surface area contributed by atoms with Crippen LogP contribution in [0.2, 0.25) is 19.6 Å². The van der Waals surface area contributed by atoms with E-state index < -0.39 is 8.07 Å². The Balaban J connectivity index is 0.000000192. The van der Waals surface area contributed by atoms with Crippen molar-refractivity contribution in [1.29, 1.82) is 0 Å². The van der Waals surface area contributed by atoms with Crippen LogP contribution < -0.4 is 5.19 Å². The van der Waals surface area contributed by atoms with Crippen LogP contribution in [-0.2, 0) is 20.1 Å². The molecule has 0 spiro atoms. The van der Waals surface area contributed by atoms with Crippen molar-refractivity contribution in [2.24, 2.45) is 0 Å². The summed E-state index contributed by atoms with van der Waals surface area (Å²) < 4.78 is 2.58. The summed E-state index contributed by atoms with van der Waals surface area (Å²) in [6, 6.07) is 40.9. The molecule has 0 N–H and O–H groups in total. The second kappa shape index (κ2) is 14.6. The van der Waals surface area contributed by atoms with Gasteiger partial charge in [-0.25, -0.2) is 0 Å². The number of benzene rings is 4. The van der Waals surface area contributed by atoms with Crippen LogP contribution in [0, 0.1) is 26.0 Å². The molecule has 7 aromatic rings. The van der Waals surface area contributed by atoms with Gasteiger partial charge in [-0.1, -0.05) is 104 Å². The molecule has 0 atom stereocenters. The van der Waals surface area contributed by atoms with Crippen molar-refractivity contribution >= 4 is 44.8 Å². The van der Waals surface area contributed by atoms with E-state index in [0.717, 1.165) is 22.5 Å². The number of hydrogen-bond donors (Lipinski definition) is 0. The van der Waals surface area contributed by atoms with Crippen molar-refractivity contribution < 1.29 is 20.1 Å². The van der Waals surface area contributed by atoms with Gasteiger partial charge in [0.25, 0.3) is 0 Å². The molecule has 239 valence electrons. The van der Waals surface area contributed by atoms with Crippen LogP contribution in [0.15, 0.2) is 109 Å². The van der Waals surface area contributed by atoms with Crippen LogP contribution in [0.5, 0.6) is 0 Å². The first-order chi connectivity index (χ1) is 22.1. The van der Waals surface area contributed by atoms with Gasteiger partial charge in [-0.2, -0.15) is 11.3 Å². The molecule has 0 aliphatic carbocycles. The van der Waals surface area contributed by atoms with Gasteiger partial charge in [-0.15, -0.1) is 59.7 Å². The average molecular weight is 825 g/mol. The Morgan fingerprint density at radius 3 is 2.11 bits per heavy atom. The molecule has 0 saturated heterocycles. The van der Waals surface area contributed by atoms with E-state index in [-0.39, 0.29) is 20.1 Å². The molecular formula is C42H40IrN2SSi-2. The first kappa shape index (κ1) is 34.6. The minimum Gasteiger partial charge on any atom is -0.305 e. The first-order valence-corrected chi connectivity index (χ1v) is 20.2. The van der Waals surface area contributed by atoms with Crippen LogP contribution in [0.1, 0.15) is 36.5 Å². The van der Waals surface area contributed by atoms with E-state index in [1.165, 1.54) is 53.2 Å². The van der Waals surface area contributed by atoms with Gasteiger partial charge in [-0.05, 0) is 69.7 Å². The molecule has 1 radical (unpaired) electrons. The molecule has 0 fully saturated rings. The Morgan fingerprint density at radius 1 is 0.681 bits per heavy atom. The number of pyridine rings is 2. The third-order valence-electron chi connectivity index (χ3n) is 8.33. The molecule has 2 nitrogen and oxygen atoms in total. The van der Waals surface area contributed by atoms with Crippen molar-refractivity contribution in [3.8, 4) is 33.6 Å². The smallest absolute Gasteiger partial charge is 0.0799 e. The first-order valence-electron chi connectivity index (χ1n) is 15.9. The summed E-state index contributed by atoms with van der Waals surface area (Å²) in [7, 11) is -1.34. The normalized spacial score (nSPS) is 11.3. The van der Waals surface area contributed by atoms with Crippen LogP contribution in [0.25, 0.3) is 53.8 Å². The third-order valence-corrected chi connectivity index (χ3v) is 11.5. The zero-order valence-electron chi connectivity index (χ0n) is 28.1. The largest absolute Gasteiger partial charge is 0.305 e. The number of rotatable bonds is 5. The van der Waals surface area contributed by atoms with Crippen molar-refractivity contribution in [3.63, 3.8) is 0 Å². The quantitative estimate of drug-likeness (QED) is 0.128. The molecule has 0 saturated carbocycles. The predicted octanol–water partition coefficient (Wildman–Crippen LogP) is 11.4. The Kier molecular flexibility index (Phi) is 10.7. The Morgan fingerprint density at radius 2 is 1.43 bits per heavy atom. The van der Waals surface area contributed by atoms with E-state index in [1.807, 2.05) is 41.8 Å². The number of fused-ring (bicyclic) bond motifs is 3. The molecule has 7 rings (SSSR count). The fourth-order valence-corrected chi connectivity index (χ4v) is 8.54. The van der Waals surface area contributed by atoms with Gasteiger partial charge in [0.1, 0.15) is 0 Å². The van der Waals surface area contributed by atoms with E-state index in [2.05, 4.69) is 148 Å². The second-order valence-electron chi connectivity index (χ2n) is 13.4. The minimum absolute atomic E-state index is 0. The van der Waals surface area contributed by atoms with Gasteiger partial charge in [0.05, 0.1) is 8.07 Å². The molecule has 3 heterocycles. The Labute approximate surface area is 298 Å². The molecule has 4 aromatic carbocycles. The monoisotopic (exact) mass is 825 g/mol. The van der Waals surface area contributed by atoms with Gasteiger partial charge in [0.2, 0.25) is 0 Å². The summed E-state index contributed by atoms with van der Waals surface area (Å²) >= 11 is 1.83. The van der Waals surface area contributed by atoms with Crippen LogP contribution in [0.3, 0.4) is 0 Å². The molecule has 0 aliphatic rings. The zero-order chi connectivity index (χ0) is 32.4. The number of aromatic nitrogens is 2. The maximum atomic E-state index is 4.66. The van der Waals surface area contributed by atoms with Crippen molar-refractivity contribution in [1.82, 2.24) is 9.97 Å². The number of thiophene rings is 1. The maximum absolute atomic E-state index is 4.66. The van der Waals surface area contributed by atoms with Gasteiger partial charge < -0.3 is 9.97 Å². The van der Waals surface area contributed by atoms with Crippen LogP contribution >= 0.6 is 11.3 Å². The predicted molar refractivity (Wildman–Crippen MR) is 202 cm³/mol. The topological polar surface area (TPSA) is 25.8 Å². The SMILES string of the molecule is CC(C)c1cc(-c2[c-]cccc2)ncc1[Si](C)(C)C.Cc1ccc(-c2ccc3c(c2)sc2c[c-]c(-c4cc(C)ccn4)cc23)cc1.[Ir]. The maximum Gasteiger partial charge on any atom is 0.0799 e. The molecule has 0 bridgehead atoms. The standard InChI is InChI=1S/C25H18NS.C17H22NSi.Ir/c1-16-3-5-18(6-4-16)19-7-9-21-22-14-20(23-13-17(2)11-12-26-23)8-10-24(22)27-25(21)15-19;1-13(2)15-11-16(14-9-7-6-8-10-14)18-12-17(15)19(3,4)5;/h3-7,9-15H,1-2H3;6-9,11-13H,1-5H3;/q2*-1;. The molecule has 3 aromatic heterocycles. The van der Waals surface area contributed by atoms with Gasteiger partial charge >= 0.3 is 0 Å². The molecule has 5 heteroatoms. The molecular weight excluding hydrogens is 785 g/mol. The van der Waals surface area contributed by atoms with Gasteiger partial charge in [0, 0.05) is 37.2 Å². The molecule has 0 amide bonds. The summed E-state index contributed by atoms with van der Waals surface area (Å²) in [5.41, 5.74) is 10.6. The number of aryl methyl sites for hydroxylation is 2. The van der Waals surface area contributed by atoms with Crippen LogP contribution in [-0.4, -0.2) is 18.0 Å². The van der Waals surface area contributed by atoms with E-state index in [1.54, 1.807) is 0 Å². The van der Waals surface area contributed by atoms with E-state index in [4.69, 9.17) is 0 Å². The molecule has 0 unspecified atom stereocenters. The molecule has 0 aliphatic heterocycles. The average Bonchev–Trinajstić information content (AvgIpc) is 3.42. The van der Waals surface area contributed by atoms with E-state index in [9.17, 15) is 0 Å². The van der Waals surface area contributed by atoms with E-state index >= 15 is 0 Å². The fraction of sp³-hybridized carbons (Fsp3) is 0.190. The minimum atomic E-state index is -1.34. The Bertz CT molecular complexity index is 2130. The zero-order valence-corrected chi connectivity index (χ0v) is 32.3. The Hall–Kier alpha value is -3.73. The van der Waals surface area contributed by atoms with Crippen molar-refractivity contribution in [3.05, 3.63) is 138 Å². The number of hydrogen-bond acceptors (Lipinski definition) is 3. The summed E-state index contributed by atoms with van der Waals surface area (Å²) in [5, 5.41) is 4.05. The van der Waals surface area contributed by atoms with E-state index in [0.29, 0.717) is 5.92 Å². The summed E-state index contributed by atoms with van der Waals surface area (Å²) in [5.74, 6) is 0.534. The summed E-state index contributed by atoms with van der Waals surface area (Å²) in [4.78, 5) is 9.18. The second-order valence-corrected chi connectivity index (χ2v) is 19.5. The third kappa shape index (κ3) is 7.88. The summed E-state index contributed by atoms with van der Waals surface area (Å²) in [6.45, 7) is 15.9. The van der Waals surface area contributed by atoms with Gasteiger partial charge in [0.15, 0.2) is 0 Å². The van der Waals surface area contributed by atoms with Crippen LogP contribution in [0.4, 0.5) is 0 Å². The number of nitrogens with zero attached hydrogens (tertiary/aromatic N) is 2. The summed E-state index contributed by atoms with van der Waals surface area (Å²) in [6.07, 6.45) is 3.96. The molecule has 47 heavy (non-hydrogen) atoms. The fourth-order valence-electron chi connectivity index (χ4n) is 5.75.